The summed E-state index contributed by atoms with van der Waals surface area (Å²) in [5, 5.41) is 9.47. The number of imidazole rings is 1. The topological polar surface area (TPSA) is 67.9 Å². The van der Waals surface area contributed by atoms with Gasteiger partial charge in [0.15, 0.2) is 0 Å². The van der Waals surface area contributed by atoms with Crippen LogP contribution in [0.1, 0.15) is 29.3 Å². The van der Waals surface area contributed by atoms with Gasteiger partial charge in [0, 0.05) is 19.0 Å². The summed E-state index contributed by atoms with van der Waals surface area (Å²) in [7, 11) is 0. The molecule has 0 aliphatic rings. The summed E-state index contributed by atoms with van der Waals surface area (Å²) in [6, 6.07) is 16.1. The van der Waals surface area contributed by atoms with Crippen molar-refractivity contribution in [1.29, 1.82) is 5.26 Å². The molecule has 0 N–H and O–H groups in total. The standard InChI is InChI=1S/C21H19N3O2/c1-15-5-3-4-6-20(15)21-9-17(7-8-18(21)10-22)12-24-14-23-11-19(24)13-26-16(2)25/h3-9,11,14H,12-13H2,1-2H3. The van der Waals surface area contributed by atoms with E-state index in [-0.39, 0.29) is 12.6 Å². The summed E-state index contributed by atoms with van der Waals surface area (Å²) >= 11 is 0. The molecule has 0 unspecified atom stereocenters. The van der Waals surface area contributed by atoms with Crippen molar-refractivity contribution in [2.24, 2.45) is 0 Å². The first-order valence-corrected chi connectivity index (χ1v) is 8.30. The lowest BCUT2D eigenvalue weighted by Crippen LogP contribution is -2.07. The van der Waals surface area contributed by atoms with Gasteiger partial charge in [0.05, 0.1) is 29.9 Å². The SMILES string of the molecule is CC(=O)OCc1cncn1Cc1ccc(C#N)c(-c2ccccc2C)c1. The predicted octanol–water partition coefficient (Wildman–Crippen LogP) is 3.84. The van der Waals surface area contributed by atoms with Crippen molar-refractivity contribution in [2.75, 3.05) is 0 Å². The monoisotopic (exact) mass is 345 g/mol. The van der Waals surface area contributed by atoms with E-state index in [1.165, 1.54) is 6.92 Å². The zero-order valence-corrected chi connectivity index (χ0v) is 14.8. The molecule has 0 fully saturated rings. The van der Waals surface area contributed by atoms with Crippen LogP contribution in [0.3, 0.4) is 0 Å². The van der Waals surface area contributed by atoms with E-state index in [0.29, 0.717) is 12.1 Å². The van der Waals surface area contributed by atoms with Crippen LogP contribution >= 0.6 is 0 Å². The van der Waals surface area contributed by atoms with Gasteiger partial charge in [0.1, 0.15) is 6.61 Å². The quantitative estimate of drug-likeness (QED) is 0.659. The summed E-state index contributed by atoms with van der Waals surface area (Å²) < 4.78 is 7.00. The molecule has 0 radical (unpaired) electrons. The minimum Gasteiger partial charge on any atom is -0.459 e. The number of rotatable bonds is 5. The molecule has 2 aromatic carbocycles. The minimum absolute atomic E-state index is 0.191. The second-order valence-electron chi connectivity index (χ2n) is 6.10. The van der Waals surface area contributed by atoms with Gasteiger partial charge in [0.25, 0.3) is 0 Å². The van der Waals surface area contributed by atoms with Gasteiger partial charge >= 0.3 is 5.97 Å². The first-order chi connectivity index (χ1) is 12.6. The van der Waals surface area contributed by atoms with E-state index in [4.69, 9.17) is 4.74 Å². The summed E-state index contributed by atoms with van der Waals surface area (Å²) in [4.78, 5) is 15.2. The van der Waals surface area contributed by atoms with Crippen LogP contribution in [0, 0.1) is 18.3 Å². The number of esters is 1. The number of hydrogen-bond acceptors (Lipinski definition) is 4. The summed E-state index contributed by atoms with van der Waals surface area (Å²) in [5.41, 5.74) is 5.61. The Morgan fingerprint density at radius 3 is 2.77 bits per heavy atom. The van der Waals surface area contributed by atoms with Crippen LogP contribution < -0.4 is 0 Å². The maximum Gasteiger partial charge on any atom is 0.303 e. The largest absolute Gasteiger partial charge is 0.459 e. The molecular formula is C21H19N3O2. The number of hydrogen-bond donors (Lipinski definition) is 0. The molecule has 130 valence electrons. The minimum atomic E-state index is -0.321. The summed E-state index contributed by atoms with van der Waals surface area (Å²) in [5.74, 6) is -0.321. The molecule has 0 amide bonds. The van der Waals surface area contributed by atoms with Gasteiger partial charge in [-0.2, -0.15) is 5.26 Å². The number of aromatic nitrogens is 2. The fourth-order valence-corrected chi connectivity index (χ4v) is 2.87. The normalized spacial score (nSPS) is 10.3. The van der Waals surface area contributed by atoms with Gasteiger partial charge in [-0.15, -0.1) is 0 Å². The van der Waals surface area contributed by atoms with Gasteiger partial charge in [-0.25, -0.2) is 4.98 Å². The van der Waals surface area contributed by atoms with E-state index in [2.05, 4.69) is 11.1 Å². The molecule has 0 aliphatic heterocycles. The molecule has 3 aromatic rings. The van der Waals surface area contributed by atoms with Crippen LogP contribution in [0.4, 0.5) is 0 Å². The highest BCUT2D eigenvalue weighted by molar-refractivity contribution is 5.73. The molecule has 0 atom stereocenters. The number of carbonyl (C=O) groups excluding carboxylic acids is 1. The van der Waals surface area contributed by atoms with E-state index in [9.17, 15) is 10.1 Å². The first-order valence-electron chi connectivity index (χ1n) is 8.30. The van der Waals surface area contributed by atoms with Crippen molar-refractivity contribution in [1.82, 2.24) is 9.55 Å². The highest BCUT2D eigenvalue weighted by Gasteiger charge is 2.10. The number of benzene rings is 2. The molecule has 26 heavy (non-hydrogen) atoms. The van der Waals surface area contributed by atoms with Gasteiger partial charge in [-0.1, -0.05) is 30.3 Å². The molecule has 3 rings (SSSR count). The van der Waals surface area contributed by atoms with Crippen molar-refractivity contribution in [3.05, 3.63) is 77.4 Å². The van der Waals surface area contributed by atoms with Gasteiger partial charge < -0.3 is 9.30 Å². The number of ether oxygens (including phenoxy) is 1. The van der Waals surface area contributed by atoms with Gasteiger partial charge in [-0.05, 0) is 35.7 Å². The molecule has 0 spiro atoms. The highest BCUT2D eigenvalue weighted by Crippen LogP contribution is 2.28. The van der Waals surface area contributed by atoms with Gasteiger partial charge in [0.2, 0.25) is 0 Å². The van der Waals surface area contributed by atoms with Crippen LogP contribution in [0.25, 0.3) is 11.1 Å². The molecule has 1 aromatic heterocycles. The third-order valence-corrected chi connectivity index (χ3v) is 4.21. The van der Waals surface area contributed by atoms with Crippen LogP contribution in [-0.4, -0.2) is 15.5 Å². The lowest BCUT2D eigenvalue weighted by Gasteiger charge is -2.12. The highest BCUT2D eigenvalue weighted by atomic mass is 16.5. The first kappa shape index (κ1) is 17.4. The van der Waals surface area contributed by atoms with E-state index in [1.54, 1.807) is 12.5 Å². The van der Waals surface area contributed by atoms with Crippen LogP contribution in [0.15, 0.2) is 55.0 Å². The fraction of sp³-hybridized carbons (Fsp3) is 0.190. The molecule has 0 saturated carbocycles. The Kier molecular flexibility index (Phi) is 5.14. The second kappa shape index (κ2) is 7.66. The lowest BCUT2D eigenvalue weighted by molar-refractivity contribution is -0.142. The maximum atomic E-state index is 11.0. The molecule has 5 heteroatoms. The van der Waals surface area contributed by atoms with Crippen LogP contribution in [0.2, 0.25) is 0 Å². The maximum absolute atomic E-state index is 11.0. The molecule has 1 heterocycles. The summed E-state index contributed by atoms with van der Waals surface area (Å²) in [6.45, 7) is 4.20. The van der Waals surface area contributed by atoms with Crippen molar-refractivity contribution in [2.45, 2.75) is 27.0 Å². The second-order valence-corrected chi connectivity index (χ2v) is 6.10. The Hall–Kier alpha value is -3.39. The van der Waals surface area contributed by atoms with Crippen molar-refractivity contribution in [3.8, 4) is 17.2 Å². The van der Waals surface area contributed by atoms with Crippen molar-refractivity contribution in [3.63, 3.8) is 0 Å². The van der Waals surface area contributed by atoms with Gasteiger partial charge in [-0.3, -0.25) is 4.79 Å². The predicted molar refractivity (Wildman–Crippen MR) is 98.1 cm³/mol. The third-order valence-electron chi connectivity index (χ3n) is 4.21. The van der Waals surface area contributed by atoms with Crippen LogP contribution in [-0.2, 0) is 22.7 Å². The number of nitriles is 1. The van der Waals surface area contributed by atoms with Crippen molar-refractivity contribution < 1.29 is 9.53 Å². The van der Waals surface area contributed by atoms with Crippen molar-refractivity contribution >= 4 is 5.97 Å². The zero-order chi connectivity index (χ0) is 18.5. The van der Waals surface area contributed by atoms with E-state index in [1.807, 2.05) is 54.0 Å². The fourth-order valence-electron chi connectivity index (χ4n) is 2.87. The van der Waals surface area contributed by atoms with E-state index < -0.39 is 0 Å². The number of carbonyl (C=O) groups is 1. The summed E-state index contributed by atoms with van der Waals surface area (Å²) in [6.07, 6.45) is 3.40. The average Bonchev–Trinajstić information content (AvgIpc) is 3.07. The Balaban J connectivity index is 1.93. The van der Waals surface area contributed by atoms with Crippen LogP contribution in [0.5, 0.6) is 0 Å². The van der Waals surface area contributed by atoms with E-state index in [0.717, 1.165) is 27.9 Å². The Labute approximate surface area is 152 Å². The smallest absolute Gasteiger partial charge is 0.303 e. The molecular weight excluding hydrogens is 326 g/mol. The Morgan fingerprint density at radius 2 is 2.04 bits per heavy atom. The number of aryl methyl sites for hydroxylation is 1. The lowest BCUT2D eigenvalue weighted by atomic mass is 9.94. The number of nitrogens with zero attached hydrogens (tertiary/aromatic N) is 3. The Morgan fingerprint density at radius 1 is 1.23 bits per heavy atom. The molecule has 0 saturated heterocycles. The third kappa shape index (κ3) is 3.81. The average molecular weight is 345 g/mol. The molecule has 0 aliphatic carbocycles. The molecule has 5 nitrogen and oxygen atoms in total. The molecule has 0 bridgehead atoms. The van der Waals surface area contributed by atoms with E-state index >= 15 is 0 Å². The Bertz CT molecular complexity index is 983. The zero-order valence-electron chi connectivity index (χ0n) is 14.8.